The molecule has 0 aliphatic heterocycles. The van der Waals surface area contributed by atoms with Gasteiger partial charge in [0.15, 0.2) is 0 Å². The van der Waals surface area contributed by atoms with Crippen molar-refractivity contribution in [3.63, 3.8) is 0 Å². The summed E-state index contributed by atoms with van der Waals surface area (Å²) in [6.07, 6.45) is 0. The second-order valence-electron chi connectivity index (χ2n) is 10.6. The zero-order valence-electron chi connectivity index (χ0n) is 21.8. The fraction of sp³-hybridized carbons (Fsp3) is 0. The first-order valence-corrected chi connectivity index (χ1v) is 13.8. The highest BCUT2D eigenvalue weighted by atomic mass is 15.0. The van der Waals surface area contributed by atoms with Gasteiger partial charge in [0.25, 0.3) is 0 Å². The maximum absolute atomic E-state index is 2.45. The van der Waals surface area contributed by atoms with E-state index in [4.69, 9.17) is 0 Å². The fourth-order valence-electron chi connectivity index (χ4n) is 6.69. The van der Waals surface area contributed by atoms with Crippen molar-refractivity contribution in [3.05, 3.63) is 146 Å². The third kappa shape index (κ3) is 2.93. The number of nitrogens with zero attached hydrogens (tertiary/aromatic N) is 2. The Kier molecular flexibility index (Phi) is 4.36. The van der Waals surface area contributed by atoms with E-state index in [2.05, 4.69) is 155 Å². The van der Waals surface area contributed by atoms with Crippen LogP contribution in [0.15, 0.2) is 146 Å². The van der Waals surface area contributed by atoms with Crippen LogP contribution in [0, 0.1) is 0 Å². The summed E-state index contributed by atoms with van der Waals surface area (Å²) in [4.78, 5) is 0. The topological polar surface area (TPSA) is 9.34 Å². The van der Waals surface area contributed by atoms with Crippen molar-refractivity contribution < 1.29 is 0 Å². The van der Waals surface area contributed by atoms with Crippen molar-refractivity contribution in [2.75, 3.05) is 0 Å². The Labute approximate surface area is 230 Å². The van der Waals surface area contributed by atoms with Crippen molar-refractivity contribution >= 4 is 59.9 Å². The van der Waals surface area contributed by atoms with Gasteiger partial charge in [-0.3, -0.25) is 0 Å². The molecule has 9 rings (SSSR count). The monoisotopic (exact) mass is 508 g/mol. The second kappa shape index (κ2) is 8.08. The van der Waals surface area contributed by atoms with E-state index in [-0.39, 0.29) is 0 Å². The molecule has 0 unspecified atom stereocenters. The lowest BCUT2D eigenvalue weighted by Gasteiger charge is -2.13. The van der Waals surface area contributed by atoms with Crippen LogP contribution in [0.1, 0.15) is 0 Å². The summed E-state index contributed by atoms with van der Waals surface area (Å²) in [7, 11) is 0. The molecule has 2 heteroatoms. The SMILES string of the molecule is c1ccc(-c2cccc(-n3c4ccccc4c4cc5c(cc43)c3ccccc3c3cc4ccccc4n35)c2)cc1. The van der Waals surface area contributed by atoms with E-state index in [1.54, 1.807) is 0 Å². The van der Waals surface area contributed by atoms with Gasteiger partial charge in [-0.2, -0.15) is 0 Å². The van der Waals surface area contributed by atoms with Crippen LogP contribution in [0.25, 0.3) is 76.7 Å². The highest BCUT2D eigenvalue weighted by molar-refractivity contribution is 6.21. The molecule has 0 saturated heterocycles. The van der Waals surface area contributed by atoms with E-state index in [0.29, 0.717) is 0 Å². The first-order chi connectivity index (χ1) is 19.8. The first-order valence-electron chi connectivity index (χ1n) is 13.8. The van der Waals surface area contributed by atoms with Crippen LogP contribution in [0.3, 0.4) is 0 Å². The van der Waals surface area contributed by atoms with E-state index >= 15 is 0 Å². The zero-order valence-corrected chi connectivity index (χ0v) is 21.8. The van der Waals surface area contributed by atoms with Gasteiger partial charge >= 0.3 is 0 Å². The van der Waals surface area contributed by atoms with Crippen LogP contribution in [0.2, 0.25) is 0 Å². The van der Waals surface area contributed by atoms with Crippen molar-refractivity contribution in [1.82, 2.24) is 8.97 Å². The number of hydrogen-bond donors (Lipinski definition) is 0. The zero-order chi connectivity index (χ0) is 26.2. The van der Waals surface area contributed by atoms with Gasteiger partial charge in [-0.1, -0.05) is 103 Å². The molecular formula is C38H24N2. The maximum Gasteiger partial charge on any atom is 0.0548 e. The molecule has 0 bridgehead atoms. The third-order valence-electron chi connectivity index (χ3n) is 8.45. The number of rotatable bonds is 2. The van der Waals surface area contributed by atoms with Crippen LogP contribution < -0.4 is 0 Å². The van der Waals surface area contributed by atoms with E-state index in [1.165, 1.54) is 76.7 Å². The van der Waals surface area contributed by atoms with E-state index < -0.39 is 0 Å². The summed E-state index contributed by atoms with van der Waals surface area (Å²) < 4.78 is 4.89. The van der Waals surface area contributed by atoms with Crippen LogP contribution in [-0.2, 0) is 0 Å². The number of para-hydroxylation sites is 2. The van der Waals surface area contributed by atoms with E-state index in [1.807, 2.05) is 0 Å². The summed E-state index contributed by atoms with van der Waals surface area (Å²) in [5, 5.41) is 7.62. The van der Waals surface area contributed by atoms with Gasteiger partial charge in [0.05, 0.1) is 27.6 Å². The Hall–Kier alpha value is -5.34. The second-order valence-corrected chi connectivity index (χ2v) is 10.6. The maximum atomic E-state index is 2.45. The van der Waals surface area contributed by atoms with Gasteiger partial charge < -0.3 is 8.97 Å². The molecular weight excluding hydrogens is 484 g/mol. The summed E-state index contributed by atoms with van der Waals surface area (Å²) in [6.45, 7) is 0. The molecule has 186 valence electrons. The largest absolute Gasteiger partial charge is 0.309 e. The fourth-order valence-corrected chi connectivity index (χ4v) is 6.69. The van der Waals surface area contributed by atoms with Crippen LogP contribution in [0.5, 0.6) is 0 Å². The van der Waals surface area contributed by atoms with Crippen LogP contribution in [-0.4, -0.2) is 8.97 Å². The Morgan fingerprint density at radius 2 is 0.925 bits per heavy atom. The minimum atomic E-state index is 1.17. The number of hydrogen-bond acceptors (Lipinski definition) is 0. The van der Waals surface area contributed by atoms with Gasteiger partial charge in [-0.05, 0) is 59.0 Å². The van der Waals surface area contributed by atoms with Gasteiger partial charge in [0, 0.05) is 32.6 Å². The van der Waals surface area contributed by atoms with E-state index in [0.717, 1.165) is 0 Å². The van der Waals surface area contributed by atoms with Crippen molar-refractivity contribution in [3.8, 4) is 16.8 Å². The van der Waals surface area contributed by atoms with Crippen LogP contribution in [0.4, 0.5) is 0 Å². The van der Waals surface area contributed by atoms with Crippen molar-refractivity contribution in [2.24, 2.45) is 0 Å². The molecule has 0 atom stereocenters. The lowest BCUT2D eigenvalue weighted by Crippen LogP contribution is -1.95. The lowest BCUT2D eigenvalue weighted by molar-refractivity contribution is 1.18. The minimum absolute atomic E-state index is 1.17. The van der Waals surface area contributed by atoms with Gasteiger partial charge in [0.2, 0.25) is 0 Å². The smallest absolute Gasteiger partial charge is 0.0548 e. The average Bonchev–Trinajstić information content (AvgIpc) is 3.57. The van der Waals surface area contributed by atoms with Gasteiger partial charge in [-0.15, -0.1) is 0 Å². The highest BCUT2D eigenvalue weighted by Crippen LogP contribution is 2.40. The first kappa shape index (κ1) is 21.6. The predicted molar refractivity (Wildman–Crippen MR) is 170 cm³/mol. The molecule has 3 heterocycles. The molecule has 0 aliphatic carbocycles. The molecule has 0 spiro atoms. The molecule has 40 heavy (non-hydrogen) atoms. The van der Waals surface area contributed by atoms with Gasteiger partial charge in [0.1, 0.15) is 0 Å². The summed E-state index contributed by atoms with van der Waals surface area (Å²) >= 11 is 0. The average molecular weight is 509 g/mol. The molecule has 0 saturated carbocycles. The standard InChI is InChI=1S/C38H24N2/c1-2-11-25(12-3-1)26-14-10-15-28(21-26)39-35-20-9-7-18-31(35)33-24-38-32(23-37(33)39)29-16-5-6-17-30(29)36-22-27-13-4-8-19-34(27)40(36)38/h1-24H. The highest BCUT2D eigenvalue weighted by Gasteiger charge is 2.18. The summed E-state index contributed by atoms with van der Waals surface area (Å²) in [5.74, 6) is 0. The summed E-state index contributed by atoms with van der Waals surface area (Å²) in [6, 6.07) is 53.0. The number of benzene rings is 6. The predicted octanol–water partition coefficient (Wildman–Crippen LogP) is 10.2. The molecule has 0 amide bonds. The van der Waals surface area contributed by atoms with Crippen molar-refractivity contribution in [1.29, 1.82) is 0 Å². The quantitative estimate of drug-likeness (QED) is 0.206. The van der Waals surface area contributed by atoms with Gasteiger partial charge in [-0.25, -0.2) is 0 Å². The molecule has 0 aliphatic rings. The van der Waals surface area contributed by atoms with Crippen LogP contribution >= 0.6 is 0 Å². The molecule has 0 radical (unpaired) electrons. The minimum Gasteiger partial charge on any atom is -0.309 e. The molecule has 0 fully saturated rings. The molecule has 9 aromatic rings. The number of pyridine rings is 1. The Morgan fingerprint density at radius 3 is 1.77 bits per heavy atom. The molecule has 0 N–H and O–H groups in total. The summed E-state index contributed by atoms with van der Waals surface area (Å²) in [5.41, 5.74) is 9.79. The normalized spacial score (nSPS) is 12.0. The molecule has 6 aromatic carbocycles. The van der Waals surface area contributed by atoms with Crippen molar-refractivity contribution in [2.45, 2.75) is 0 Å². The Bertz CT molecular complexity index is 2420. The lowest BCUT2D eigenvalue weighted by atomic mass is 10.0. The number of aromatic nitrogens is 2. The number of fused-ring (bicyclic) bond motifs is 11. The Balaban J connectivity index is 1.46. The molecule has 3 aromatic heterocycles. The third-order valence-corrected chi connectivity index (χ3v) is 8.45. The molecule has 2 nitrogen and oxygen atoms in total. The van der Waals surface area contributed by atoms with E-state index in [9.17, 15) is 0 Å². The Morgan fingerprint density at radius 1 is 0.325 bits per heavy atom.